The number of nitrogens with one attached hydrogen (secondary N) is 1. The third-order valence-corrected chi connectivity index (χ3v) is 3.66. The third kappa shape index (κ3) is 3.94. The first kappa shape index (κ1) is 14.8. The number of carbonyl (C=O) groups is 1. The molecule has 0 amide bonds. The molecule has 0 spiro atoms. The number of rotatable bonds is 5. The molecule has 0 fully saturated rings. The Balaban J connectivity index is 2.01. The standard InChI is InChI=1S/C17H23NO2/c1-3-20-17(19)15-11-13(2)9-10-16(15)18-12-14-7-5-4-6-8-14/h4-8,11,13,16,18H,3,9-10,12H2,1-2H3/t13-,16+/m1/s1. The van der Waals surface area contributed by atoms with Gasteiger partial charge in [-0.05, 0) is 31.2 Å². The van der Waals surface area contributed by atoms with Gasteiger partial charge in [-0.25, -0.2) is 4.79 Å². The molecule has 3 nitrogen and oxygen atoms in total. The number of ether oxygens (including phenoxy) is 1. The smallest absolute Gasteiger partial charge is 0.335 e. The largest absolute Gasteiger partial charge is 0.463 e. The van der Waals surface area contributed by atoms with Crippen molar-refractivity contribution in [1.29, 1.82) is 0 Å². The molecule has 0 aromatic heterocycles. The molecule has 1 aromatic carbocycles. The van der Waals surface area contributed by atoms with Crippen LogP contribution in [-0.4, -0.2) is 18.6 Å². The number of hydrogen-bond acceptors (Lipinski definition) is 3. The van der Waals surface area contributed by atoms with Gasteiger partial charge in [-0.2, -0.15) is 0 Å². The first-order valence-corrected chi connectivity index (χ1v) is 7.37. The van der Waals surface area contributed by atoms with Crippen LogP contribution in [0.2, 0.25) is 0 Å². The molecule has 2 atom stereocenters. The maximum atomic E-state index is 12.0. The summed E-state index contributed by atoms with van der Waals surface area (Å²) in [5.41, 5.74) is 2.02. The Morgan fingerprint density at radius 3 is 2.75 bits per heavy atom. The molecule has 0 saturated carbocycles. The minimum absolute atomic E-state index is 0.102. The Morgan fingerprint density at radius 2 is 2.05 bits per heavy atom. The van der Waals surface area contributed by atoms with Crippen LogP contribution in [-0.2, 0) is 16.1 Å². The maximum Gasteiger partial charge on any atom is 0.335 e. The molecular formula is C17H23NO2. The summed E-state index contributed by atoms with van der Waals surface area (Å²) in [5, 5.41) is 3.48. The molecule has 1 aliphatic carbocycles. The topological polar surface area (TPSA) is 38.3 Å². The van der Waals surface area contributed by atoms with Crippen LogP contribution < -0.4 is 5.32 Å². The average molecular weight is 273 g/mol. The number of benzene rings is 1. The van der Waals surface area contributed by atoms with Gasteiger partial charge in [-0.1, -0.05) is 43.3 Å². The number of allylic oxidation sites excluding steroid dienone is 1. The molecule has 1 aromatic rings. The summed E-state index contributed by atoms with van der Waals surface area (Å²) in [6.07, 6.45) is 4.15. The van der Waals surface area contributed by atoms with E-state index in [0.717, 1.165) is 25.0 Å². The fourth-order valence-corrected chi connectivity index (χ4v) is 2.56. The molecule has 0 bridgehead atoms. The highest BCUT2D eigenvalue weighted by molar-refractivity contribution is 5.90. The van der Waals surface area contributed by atoms with E-state index in [-0.39, 0.29) is 12.0 Å². The molecule has 20 heavy (non-hydrogen) atoms. The van der Waals surface area contributed by atoms with Crippen LogP contribution in [0.4, 0.5) is 0 Å². The normalized spacial score (nSPS) is 22.2. The molecule has 0 aliphatic heterocycles. The minimum Gasteiger partial charge on any atom is -0.463 e. The van der Waals surface area contributed by atoms with Crippen molar-refractivity contribution >= 4 is 5.97 Å². The molecule has 108 valence electrons. The Bertz CT molecular complexity index is 467. The monoisotopic (exact) mass is 273 g/mol. The fourth-order valence-electron chi connectivity index (χ4n) is 2.56. The van der Waals surface area contributed by atoms with Crippen molar-refractivity contribution in [2.45, 2.75) is 39.3 Å². The average Bonchev–Trinajstić information content (AvgIpc) is 2.47. The number of esters is 1. The van der Waals surface area contributed by atoms with Crippen molar-refractivity contribution in [3.8, 4) is 0 Å². The van der Waals surface area contributed by atoms with Crippen molar-refractivity contribution in [2.75, 3.05) is 6.61 Å². The van der Waals surface area contributed by atoms with E-state index in [9.17, 15) is 4.79 Å². The summed E-state index contributed by atoms with van der Waals surface area (Å²) >= 11 is 0. The Hall–Kier alpha value is -1.61. The maximum absolute atomic E-state index is 12.0. The molecule has 3 heteroatoms. The van der Waals surface area contributed by atoms with Crippen molar-refractivity contribution in [3.63, 3.8) is 0 Å². The number of carbonyl (C=O) groups excluding carboxylic acids is 1. The summed E-state index contributed by atoms with van der Waals surface area (Å²) in [5.74, 6) is 0.272. The molecule has 2 rings (SSSR count). The highest BCUT2D eigenvalue weighted by atomic mass is 16.5. The van der Waals surface area contributed by atoms with E-state index in [4.69, 9.17) is 4.74 Å². The van der Waals surface area contributed by atoms with Crippen molar-refractivity contribution in [3.05, 3.63) is 47.5 Å². The van der Waals surface area contributed by atoms with Crippen LogP contribution in [0, 0.1) is 5.92 Å². The van der Waals surface area contributed by atoms with E-state index >= 15 is 0 Å². The van der Waals surface area contributed by atoms with Crippen molar-refractivity contribution in [1.82, 2.24) is 5.32 Å². The zero-order valence-electron chi connectivity index (χ0n) is 12.3. The second-order valence-electron chi connectivity index (χ2n) is 5.32. The summed E-state index contributed by atoms with van der Waals surface area (Å²) in [6, 6.07) is 10.4. The van der Waals surface area contributed by atoms with Crippen LogP contribution >= 0.6 is 0 Å². The van der Waals surface area contributed by atoms with Crippen LogP contribution in [0.1, 0.15) is 32.3 Å². The summed E-state index contributed by atoms with van der Waals surface area (Å²) in [6.45, 7) is 5.19. The van der Waals surface area contributed by atoms with Crippen molar-refractivity contribution < 1.29 is 9.53 Å². The van der Waals surface area contributed by atoms with Gasteiger partial charge in [0.05, 0.1) is 12.2 Å². The van der Waals surface area contributed by atoms with Crippen molar-refractivity contribution in [2.24, 2.45) is 5.92 Å². The van der Waals surface area contributed by atoms with Gasteiger partial charge in [0.1, 0.15) is 0 Å². The summed E-state index contributed by atoms with van der Waals surface area (Å²) < 4.78 is 5.16. The van der Waals surface area contributed by atoms with E-state index in [0.29, 0.717) is 12.5 Å². The molecule has 0 unspecified atom stereocenters. The van der Waals surface area contributed by atoms with E-state index in [1.165, 1.54) is 5.56 Å². The Morgan fingerprint density at radius 1 is 1.30 bits per heavy atom. The zero-order chi connectivity index (χ0) is 14.4. The van der Waals surface area contributed by atoms with Crippen LogP contribution in [0.25, 0.3) is 0 Å². The van der Waals surface area contributed by atoms with Gasteiger partial charge in [-0.15, -0.1) is 0 Å². The number of hydrogen-bond donors (Lipinski definition) is 1. The molecular weight excluding hydrogens is 250 g/mol. The van der Waals surface area contributed by atoms with Crippen LogP contribution in [0.5, 0.6) is 0 Å². The SMILES string of the molecule is CCOC(=O)C1=C[C@H](C)CC[C@@H]1NCc1ccccc1. The predicted molar refractivity (Wildman–Crippen MR) is 80.2 cm³/mol. The van der Waals surface area contributed by atoms with Gasteiger partial charge in [0.15, 0.2) is 0 Å². The van der Waals surface area contributed by atoms with E-state index in [1.54, 1.807) is 0 Å². The molecule has 1 N–H and O–H groups in total. The van der Waals surface area contributed by atoms with Gasteiger partial charge < -0.3 is 10.1 Å². The van der Waals surface area contributed by atoms with Gasteiger partial charge >= 0.3 is 5.97 Å². The molecule has 0 heterocycles. The Labute approximate surface area is 121 Å². The molecule has 1 aliphatic rings. The lowest BCUT2D eigenvalue weighted by Gasteiger charge is -2.27. The van der Waals surface area contributed by atoms with Crippen LogP contribution in [0.15, 0.2) is 42.0 Å². The second kappa shape index (κ2) is 7.25. The summed E-state index contributed by atoms with van der Waals surface area (Å²) in [4.78, 5) is 12.0. The highest BCUT2D eigenvalue weighted by Gasteiger charge is 2.26. The highest BCUT2D eigenvalue weighted by Crippen LogP contribution is 2.24. The van der Waals surface area contributed by atoms with E-state index in [1.807, 2.05) is 25.1 Å². The lowest BCUT2D eigenvalue weighted by atomic mass is 9.87. The van der Waals surface area contributed by atoms with E-state index < -0.39 is 0 Å². The van der Waals surface area contributed by atoms with Gasteiger partial charge in [-0.3, -0.25) is 0 Å². The zero-order valence-corrected chi connectivity index (χ0v) is 12.3. The second-order valence-corrected chi connectivity index (χ2v) is 5.32. The van der Waals surface area contributed by atoms with Crippen LogP contribution in [0.3, 0.4) is 0 Å². The lowest BCUT2D eigenvalue weighted by Crippen LogP contribution is -2.37. The summed E-state index contributed by atoms with van der Waals surface area (Å²) in [7, 11) is 0. The first-order chi connectivity index (χ1) is 9.70. The molecule has 0 saturated heterocycles. The van der Waals surface area contributed by atoms with Gasteiger partial charge in [0.2, 0.25) is 0 Å². The predicted octanol–water partition coefficient (Wildman–Crippen LogP) is 3.06. The van der Waals surface area contributed by atoms with Gasteiger partial charge in [0, 0.05) is 12.6 Å². The lowest BCUT2D eigenvalue weighted by molar-refractivity contribution is -0.139. The van der Waals surface area contributed by atoms with Gasteiger partial charge in [0.25, 0.3) is 0 Å². The minimum atomic E-state index is -0.176. The first-order valence-electron chi connectivity index (χ1n) is 7.37. The molecule has 0 radical (unpaired) electrons. The quantitative estimate of drug-likeness (QED) is 0.838. The third-order valence-electron chi connectivity index (χ3n) is 3.66. The van der Waals surface area contributed by atoms with E-state index in [2.05, 4.69) is 30.4 Å². The Kier molecular flexibility index (Phi) is 5.36. The fraction of sp³-hybridized carbons (Fsp3) is 0.471.